The number of nitrogens with zero attached hydrogens (tertiary/aromatic N) is 6. The van der Waals surface area contributed by atoms with Gasteiger partial charge in [0, 0.05) is 68.9 Å². The molecule has 8 nitrogen and oxygen atoms in total. The summed E-state index contributed by atoms with van der Waals surface area (Å²) in [5.74, 6) is 1.47. The van der Waals surface area contributed by atoms with Crippen molar-refractivity contribution in [2.45, 2.75) is 6.54 Å². The zero-order chi connectivity index (χ0) is 23.7. The second kappa shape index (κ2) is 10.1. The lowest BCUT2D eigenvalue weighted by Crippen LogP contribution is -2.56. The third kappa shape index (κ3) is 5.02. The van der Waals surface area contributed by atoms with Crippen LogP contribution < -0.4 is 10.2 Å². The van der Waals surface area contributed by atoms with E-state index >= 15 is 0 Å². The maximum atomic E-state index is 12.9. The van der Waals surface area contributed by atoms with E-state index in [1.165, 1.54) is 0 Å². The smallest absolute Gasteiger partial charge is 0.320 e. The Morgan fingerprint density at radius 3 is 2.41 bits per heavy atom. The molecule has 2 amide bonds. The molecule has 0 unspecified atom stereocenters. The van der Waals surface area contributed by atoms with E-state index in [0.717, 1.165) is 47.8 Å². The minimum atomic E-state index is 0.143. The number of aromatic nitrogens is 2. The molecular formula is C23H27Cl2N7OS. The van der Waals surface area contributed by atoms with Crippen molar-refractivity contribution >= 4 is 62.6 Å². The largest absolute Gasteiger partial charge is 0.365 e. The van der Waals surface area contributed by atoms with Crippen molar-refractivity contribution in [2.75, 3.05) is 69.6 Å². The van der Waals surface area contributed by atoms with Crippen LogP contribution in [0.3, 0.4) is 0 Å². The second-order valence-corrected chi connectivity index (χ2v) is 10.4. The molecule has 11 heteroatoms. The second-order valence-electron chi connectivity index (χ2n) is 8.64. The summed E-state index contributed by atoms with van der Waals surface area (Å²) in [4.78, 5) is 30.9. The molecule has 4 heterocycles. The van der Waals surface area contributed by atoms with Gasteiger partial charge in [0.25, 0.3) is 0 Å². The standard InChI is InChI=1S/C23H27Cl2N7OS/c1-29-5-7-31(8-6-29)23(33)32-11-9-30(10-12-32)22-27-19-4-13-34-20(19)21(28-22)26-15-16-2-3-17(24)14-18(16)25/h2-4,13-14H,5-12,15H2,1H3,(H,26,27,28). The van der Waals surface area contributed by atoms with Gasteiger partial charge in [0.2, 0.25) is 5.95 Å². The summed E-state index contributed by atoms with van der Waals surface area (Å²) in [6.45, 7) is 6.72. The SMILES string of the molecule is CN1CCN(C(=O)N2CCN(c3nc(NCc4ccc(Cl)cc4Cl)c4sccc4n3)CC2)CC1. The third-order valence-electron chi connectivity index (χ3n) is 6.36. The molecule has 2 aliphatic rings. The third-order valence-corrected chi connectivity index (χ3v) is 7.86. The van der Waals surface area contributed by atoms with Crippen molar-refractivity contribution in [1.82, 2.24) is 24.7 Å². The van der Waals surface area contributed by atoms with E-state index in [1.807, 2.05) is 33.4 Å². The Bertz CT molecular complexity index is 1170. The van der Waals surface area contributed by atoms with Gasteiger partial charge in [-0.25, -0.2) is 9.78 Å². The molecule has 0 aliphatic carbocycles. The molecule has 180 valence electrons. The maximum absolute atomic E-state index is 12.9. The van der Waals surface area contributed by atoms with Gasteiger partial charge in [0.05, 0.1) is 10.2 Å². The molecule has 3 aromatic rings. The van der Waals surface area contributed by atoms with E-state index in [2.05, 4.69) is 22.2 Å². The van der Waals surface area contributed by atoms with Crippen LogP contribution in [0, 0.1) is 0 Å². The fraction of sp³-hybridized carbons (Fsp3) is 0.435. The van der Waals surface area contributed by atoms with E-state index in [1.54, 1.807) is 17.4 Å². The first-order valence-corrected chi connectivity index (χ1v) is 13.0. The van der Waals surface area contributed by atoms with Crippen LogP contribution in [0.25, 0.3) is 10.2 Å². The molecule has 2 fully saturated rings. The number of nitrogens with one attached hydrogen (secondary N) is 1. The van der Waals surface area contributed by atoms with Crippen LogP contribution in [0.1, 0.15) is 5.56 Å². The van der Waals surface area contributed by atoms with Crippen LogP contribution in [0.2, 0.25) is 10.0 Å². The van der Waals surface area contributed by atoms with Gasteiger partial charge < -0.3 is 24.9 Å². The van der Waals surface area contributed by atoms with Gasteiger partial charge in [0.1, 0.15) is 5.82 Å². The summed E-state index contributed by atoms with van der Waals surface area (Å²) in [5, 5.41) is 6.70. The molecule has 2 aliphatic heterocycles. The highest BCUT2D eigenvalue weighted by Crippen LogP contribution is 2.30. The molecule has 0 radical (unpaired) electrons. The number of likely N-dealkylation sites (N-methyl/N-ethyl adjacent to an activating group) is 1. The molecule has 34 heavy (non-hydrogen) atoms. The van der Waals surface area contributed by atoms with Crippen LogP contribution >= 0.6 is 34.5 Å². The molecule has 2 aromatic heterocycles. The minimum Gasteiger partial charge on any atom is -0.365 e. The molecule has 2 saturated heterocycles. The average molecular weight is 520 g/mol. The number of hydrogen-bond donors (Lipinski definition) is 1. The molecular weight excluding hydrogens is 493 g/mol. The summed E-state index contributed by atoms with van der Waals surface area (Å²) in [5.41, 5.74) is 1.86. The van der Waals surface area contributed by atoms with Gasteiger partial charge >= 0.3 is 6.03 Å². The van der Waals surface area contributed by atoms with Crippen LogP contribution in [0.4, 0.5) is 16.6 Å². The van der Waals surface area contributed by atoms with E-state index in [4.69, 9.17) is 33.2 Å². The lowest BCUT2D eigenvalue weighted by molar-refractivity contribution is 0.120. The Hall–Kier alpha value is -2.33. The van der Waals surface area contributed by atoms with Crippen LogP contribution in [-0.4, -0.2) is 90.1 Å². The summed E-state index contributed by atoms with van der Waals surface area (Å²) < 4.78 is 1.01. The van der Waals surface area contributed by atoms with Crippen LogP contribution in [-0.2, 0) is 6.54 Å². The molecule has 0 saturated carbocycles. The van der Waals surface area contributed by atoms with Gasteiger partial charge in [-0.3, -0.25) is 0 Å². The number of hydrogen-bond acceptors (Lipinski definition) is 7. The van der Waals surface area contributed by atoms with Gasteiger partial charge in [-0.05, 0) is 36.2 Å². The number of urea groups is 1. The first-order valence-electron chi connectivity index (χ1n) is 11.4. The molecule has 0 bridgehead atoms. The number of carbonyl (C=O) groups excluding carboxylic acids is 1. The number of fused-ring (bicyclic) bond motifs is 1. The van der Waals surface area contributed by atoms with Gasteiger partial charge in [0.15, 0.2) is 0 Å². The van der Waals surface area contributed by atoms with Crippen molar-refractivity contribution in [3.8, 4) is 0 Å². The molecule has 1 aromatic carbocycles. The van der Waals surface area contributed by atoms with Crippen molar-refractivity contribution in [1.29, 1.82) is 0 Å². The number of piperazine rings is 2. The highest BCUT2D eigenvalue weighted by atomic mass is 35.5. The fourth-order valence-corrected chi connectivity index (χ4v) is 5.52. The van der Waals surface area contributed by atoms with E-state index in [0.29, 0.717) is 48.7 Å². The number of rotatable bonds is 4. The Morgan fingerprint density at radius 1 is 1.00 bits per heavy atom. The minimum absolute atomic E-state index is 0.143. The molecule has 1 N–H and O–H groups in total. The number of thiophene rings is 1. The van der Waals surface area contributed by atoms with Crippen molar-refractivity contribution in [3.05, 3.63) is 45.3 Å². The van der Waals surface area contributed by atoms with Gasteiger partial charge in [-0.15, -0.1) is 11.3 Å². The Morgan fingerprint density at radius 2 is 1.71 bits per heavy atom. The monoisotopic (exact) mass is 519 g/mol. The van der Waals surface area contributed by atoms with Crippen molar-refractivity contribution in [2.24, 2.45) is 0 Å². The lowest BCUT2D eigenvalue weighted by Gasteiger charge is -2.40. The number of amides is 2. The van der Waals surface area contributed by atoms with E-state index in [-0.39, 0.29) is 6.03 Å². The Balaban J connectivity index is 1.27. The normalized spacial score (nSPS) is 17.4. The van der Waals surface area contributed by atoms with Crippen LogP contribution in [0.15, 0.2) is 29.6 Å². The number of benzene rings is 1. The summed E-state index contributed by atoms with van der Waals surface area (Å²) in [6.07, 6.45) is 0. The Labute approximate surface area is 213 Å². The molecule has 5 rings (SSSR count). The zero-order valence-electron chi connectivity index (χ0n) is 19.0. The van der Waals surface area contributed by atoms with Gasteiger partial charge in [-0.2, -0.15) is 4.98 Å². The summed E-state index contributed by atoms with van der Waals surface area (Å²) >= 11 is 14.0. The average Bonchev–Trinajstić information content (AvgIpc) is 3.32. The maximum Gasteiger partial charge on any atom is 0.320 e. The highest BCUT2D eigenvalue weighted by Gasteiger charge is 2.28. The Kier molecular flexibility index (Phi) is 6.96. The fourth-order valence-electron chi connectivity index (χ4n) is 4.25. The van der Waals surface area contributed by atoms with E-state index in [9.17, 15) is 4.79 Å². The van der Waals surface area contributed by atoms with E-state index < -0.39 is 0 Å². The van der Waals surface area contributed by atoms with Crippen molar-refractivity contribution < 1.29 is 4.79 Å². The lowest BCUT2D eigenvalue weighted by atomic mass is 10.2. The van der Waals surface area contributed by atoms with Gasteiger partial charge in [-0.1, -0.05) is 29.3 Å². The summed E-state index contributed by atoms with van der Waals surface area (Å²) in [7, 11) is 2.10. The highest BCUT2D eigenvalue weighted by molar-refractivity contribution is 7.17. The predicted molar refractivity (Wildman–Crippen MR) is 139 cm³/mol. The molecule has 0 spiro atoms. The molecule has 0 atom stereocenters. The zero-order valence-corrected chi connectivity index (χ0v) is 21.3. The first kappa shape index (κ1) is 23.4. The topological polar surface area (TPSA) is 67.8 Å². The predicted octanol–water partition coefficient (Wildman–Crippen LogP) is 4.10. The quantitative estimate of drug-likeness (QED) is 0.559. The number of carbonyl (C=O) groups is 1. The van der Waals surface area contributed by atoms with Crippen molar-refractivity contribution in [3.63, 3.8) is 0 Å². The number of anilines is 2. The first-order chi connectivity index (χ1) is 16.5. The van der Waals surface area contributed by atoms with Crippen LogP contribution in [0.5, 0.6) is 0 Å². The number of halogens is 2. The summed E-state index contributed by atoms with van der Waals surface area (Å²) in [6, 6.07) is 7.65.